The van der Waals surface area contributed by atoms with Gasteiger partial charge in [-0.15, -0.1) is 0 Å². The monoisotopic (exact) mass is 407 g/mol. The topological polar surface area (TPSA) is 89.5 Å². The van der Waals surface area contributed by atoms with E-state index < -0.39 is 56.6 Å². The van der Waals surface area contributed by atoms with Crippen molar-refractivity contribution in [1.82, 2.24) is 4.72 Å². The Bertz CT molecular complexity index is 837. The SMILES string of the molecule is COC(=O)[C@H](C)[C@H](C)S(=O)(=O)NC(=O)[C@H]1C[C@@H]1c1ccccc1C(F)(F)F. The third kappa shape index (κ3) is 4.60. The van der Waals surface area contributed by atoms with E-state index in [1.807, 2.05) is 4.72 Å². The average molecular weight is 407 g/mol. The summed E-state index contributed by atoms with van der Waals surface area (Å²) in [6, 6.07) is 4.91. The number of halogens is 3. The number of esters is 1. The van der Waals surface area contributed by atoms with Crippen molar-refractivity contribution >= 4 is 21.9 Å². The maximum atomic E-state index is 13.1. The number of methoxy groups -OCH3 is 1. The molecule has 1 aromatic carbocycles. The molecule has 0 bridgehead atoms. The molecule has 1 aliphatic rings. The lowest BCUT2D eigenvalue weighted by atomic mass is 10.0. The molecule has 0 aliphatic heterocycles. The zero-order valence-corrected chi connectivity index (χ0v) is 15.7. The minimum atomic E-state index is -4.56. The Morgan fingerprint density at radius 1 is 1.22 bits per heavy atom. The van der Waals surface area contributed by atoms with Crippen LogP contribution in [-0.2, 0) is 30.5 Å². The maximum Gasteiger partial charge on any atom is 0.416 e. The van der Waals surface area contributed by atoms with Gasteiger partial charge in [0.05, 0.1) is 23.8 Å². The van der Waals surface area contributed by atoms with Crippen LogP contribution in [0, 0.1) is 11.8 Å². The van der Waals surface area contributed by atoms with E-state index in [1.165, 1.54) is 32.0 Å². The van der Waals surface area contributed by atoms with Gasteiger partial charge in [-0.2, -0.15) is 13.2 Å². The molecule has 6 nitrogen and oxygen atoms in total. The van der Waals surface area contributed by atoms with Gasteiger partial charge in [0, 0.05) is 5.92 Å². The first-order valence-electron chi connectivity index (χ1n) is 8.19. The molecule has 1 aromatic rings. The number of benzene rings is 1. The minimum Gasteiger partial charge on any atom is -0.469 e. The van der Waals surface area contributed by atoms with Crippen molar-refractivity contribution in [2.75, 3.05) is 7.11 Å². The van der Waals surface area contributed by atoms with Crippen LogP contribution in [0.5, 0.6) is 0 Å². The number of sulfonamides is 1. The number of alkyl halides is 3. The molecule has 0 aromatic heterocycles. The lowest BCUT2D eigenvalue weighted by molar-refractivity contribution is -0.144. The fourth-order valence-electron chi connectivity index (χ4n) is 2.86. The van der Waals surface area contributed by atoms with Gasteiger partial charge in [-0.3, -0.25) is 14.3 Å². The van der Waals surface area contributed by atoms with E-state index in [1.54, 1.807) is 0 Å². The van der Waals surface area contributed by atoms with Gasteiger partial charge in [-0.05, 0) is 30.9 Å². The largest absolute Gasteiger partial charge is 0.469 e. The van der Waals surface area contributed by atoms with Gasteiger partial charge >= 0.3 is 12.1 Å². The third-order valence-electron chi connectivity index (χ3n) is 4.80. The highest BCUT2D eigenvalue weighted by atomic mass is 32.2. The van der Waals surface area contributed by atoms with E-state index in [9.17, 15) is 31.2 Å². The van der Waals surface area contributed by atoms with Crippen LogP contribution >= 0.6 is 0 Å². The van der Waals surface area contributed by atoms with E-state index in [2.05, 4.69) is 4.74 Å². The predicted octanol–water partition coefficient (Wildman–Crippen LogP) is 2.45. The first kappa shape index (κ1) is 21.2. The zero-order chi connectivity index (χ0) is 20.6. The smallest absolute Gasteiger partial charge is 0.416 e. The molecule has 2 rings (SSSR count). The molecule has 0 spiro atoms. The van der Waals surface area contributed by atoms with Gasteiger partial charge < -0.3 is 4.74 Å². The number of carbonyl (C=O) groups excluding carboxylic acids is 2. The van der Waals surface area contributed by atoms with Crippen LogP contribution in [0.25, 0.3) is 0 Å². The van der Waals surface area contributed by atoms with Crippen molar-refractivity contribution in [2.45, 2.75) is 37.6 Å². The molecule has 150 valence electrons. The van der Waals surface area contributed by atoms with Gasteiger partial charge in [-0.1, -0.05) is 25.1 Å². The first-order chi connectivity index (χ1) is 12.4. The summed E-state index contributed by atoms with van der Waals surface area (Å²) < 4.78 is 70.2. The lowest BCUT2D eigenvalue weighted by Gasteiger charge is -2.18. The van der Waals surface area contributed by atoms with E-state index >= 15 is 0 Å². The molecule has 0 heterocycles. The Labute approximate surface area is 155 Å². The Morgan fingerprint density at radius 3 is 2.37 bits per heavy atom. The number of ether oxygens (including phenoxy) is 1. The molecule has 1 saturated carbocycles. The summed E-state index contributed by atoms with van der Waals surface area (Å²) >= 11 is 0. The lowest BCUT2D eigenvalue weighted by Crippen LogP contribution is -2.42. The first-order valence-corrected chi connectivity index (χ1v) is 9.74. The summed E-state index contributed by atoms with van der Waals surface area (Å²) in [7, 11) is -3.07. The van der Waals surface area contributed by atoms with Crippen LogP contribution in [-0.4, -0.2) is 32.7 Å². The van der Waals surface area contributed by atoms with Gasteiger partial charge in [0.2, 0.25) is 15.9 Å². The van der Waals surface area contributed by atoms with E-state index in [-0.39, 0.29) is 12.0 Å². The van der Waals surface area contributed by atoms with Gasteiger partial charge in [0.25, 0.3) is 0 Å². The molecule has 1 amide bonds. The Balaban J connectivity index is 2.11. The van der Waals surface area contributed by atoms with E-state index in [0.717, 1.165) is 13.2 Å². The van der Waals surface area contributed by atoms with Gasteiger partial charge in [0.15, 0.2) is 0 Å². The molecule has 0 saturated heterocycles. The fourth-order valence-corrected chi connectivity index (χ4v) is 4.13. The molecule has 1 N–H and O–H groups in total. The number of nitrogens with one attached hydrogen (secondary N) is 1. The standard InChI is InChI=1S/C17H20F3NO5S/c1-9(16(23)26-3)10(2)27(24,25)21-15(22)13-8-12(13)11-6-4-5-7-14(11)17(18,19)20/h4-7,9-10,12-13H,8H2,1-3H3,(H,21,22)/t9-,10+,12-,13+/m1/s1. The molecule has 10 heteroatoms. The number of hydrogen-bond donors (Lipinski definition) is 1. The number of carbonyl (C=O) groups is 2. The quantitative estimate of drug-likeness (QED) is 0.732. The Morgan fingerprint density at radius 2 is 1.81 bits per heavy atom. The molecule has 4 atom stereocenters. The van der Waals surface area contributed by atoms with Crippen LogP contribution in [0.1, 0.15) is 37.3 Å². The van der Waals surface area contributed by atoms with Crippen LogP contribution < -0.4 is 4.72 Å². The maximum absolute atomic E-state index is 13.1. The Hall–Kier alpha value is -2.10. The van der Waals surface area contributed by atoms with Crippen molar-refractivity contribution in [1.29, 1.82) is 0 Å². The highest BCUT2D eigenvalue weighted by molar-refractivity contribution is 7.90. The third-order valence-corrected chi connectivity index (χ3v) is 6.68. The summed E-state index contributed by atoms with van der Waals surface area (Å²) in [5.74, 6) is -4.21. The summed E-state index contributed by atoms with van der Waals surface area (Å²) in [5.41, 5.74) is -0.862. The molecule has 27 heavy (non-hydrogen) atoms. The summed E-state index contributed by atoms with van der Waals surface area (Å²) in [6.45, 7) is 2.60. The van der Waals surface area contributed by atoms with Crippen LogP contribution in [0.4, 0.5) is 13.2 Å². The number of hydrogen-bond acceptors (Lipinski definition) is 5. The summed E-state index contributed by atoms with van der Waals surface area (Å²) in [6.07, 6.45) is -4.44. The van der Waals surface area contributed by atoms with E-state index in [4.69, 9.17) is 0 Å². The van der Waals surface area contributed by atoms with Gasteiger partial charge in [0.1, 0.15) is 0 Å². The van der Waals surface area contributed by atoms with Crippen LogP contribution in [0.3, 0.4) is 0 Å². The van der Waals surface area contributed by atoms with E-state index in [0.29, 0.717) is 0 Å². The number of rotatable bonds is 6. The molecule has 1 fully saturated rings. The highest BCUT2D eigenvalue weighted by Crippen LogP contribution is 2.51. The van der Waals surface area contributed by atoms with Crippen molar-refractivity contribution in [2.24, 2.45) is 11.8 Å². The van der Waals surface area contributed by atoms with Crippen LogP contribution in [0.2, 0.25) is 0 Å². The second-order valence-electron chi connectivity index (χ2n) is 6.56. The second-order valence-corrected chi connectivity index (χ2v) is 8.60. The molecule has 0 unspecified atom stereocenters. The fraction of sp³-hybridized carbons (Fsp3) is 0.529. The second kappa shape index (κ2) is 7.49. The normalized spacial score (nSPS) is 21.9. The highest BCUT2D eigenvalue weighted by Gasteiger charge is 2.49. The molecular weight excluding hydrogens is 387 g/mol. The van der Waals surface area contributed by atoms with Crippen molar-refractivity contribution in [3.63, 3.8) is 0 Å². The molecule has 0 radical (unpaired) electrons. The molecular formula is C17H20F3NO5S. The summed E-state index contributed by atoms with van der Waals surface area (Å²) in [5, 5.41) is -1.24. The average Bonchev–Trinajstić information content (AvgIpc) is 3.39. The predicted molar refractivity (Wildman–Crippen MR) is 90.0 cm³/mol. The zero-order valence-electron chi connectivity index (χ0n) is 14.9. The Kier molecular flexibility index (Phi) is 5.88. The van der Waals surface area contributed by atoms with Gasteiger partial charge in [-0.25, -0.2) is 8.42 Å². The summed E-state index contributed by atoms with van der Waals surface area (Å²) in [4.78, 5) is 23.7. The van der Waals surface area contributed by atoms with Crippen molar-refractivity contribution in [3.05, 3.63) is 35.4 Å². The van der Waals surface area contributed by atoms with Crippen LogP contribution in [0.15, 0.2) is 24.3 Å². The van der Waals surface area contributed by atoms with Crippen molar-refractivity contribution in [3.8, 4) is 0 Å². The number of amides is 1. The van der Waals surface area contributed by atoms with Crippen molar-refractivity contribution < 1.29 is 35.9 Å². The molecule has 1 aliphatic carbocycles. The minimum absolute atomic E-state index is 0.0291.